The van der Waals surface area contributed by atoms with Crippen molar-refractivity contribution < 1.29 is 38.8 Å². The molecule has 0 aromatic heterocycles. The van der Waals surface area contributed by atoms with E-state index in [4.69, 9.17) is 25.8 Å². The van der Waals surface area contributed by atoms with Gasteiger partial charge in [-0.25, -0.2) is 4.79 Å². The van der Waals surface area contributed by atoms with Gasteiger partial charge in [-0.2, -0.15) is 0 Å². The van der Waals surface area contributed by atoms with E-state index in [0.29, 0.717) is 37.5 Å². The quantitative estimate of drug-likeness (QED) is 0.107. The number of nitrogens with zero attached hydrogens (tertiary/aromatic N) is 2. The number of ether oxygens (including phenoxy) is 3. The van der Waals surface area contributed by atoms with Gasteiger partial charge in [-0.1, -0.05) is 134 Å². The largest absolute Gasteiger partial charge is 0.445 e. The van der Waals surface area contributed by atoms with E-state index in [2.05, 4.69) is 17.1 Å². The van der Waals surface area contributed by atoms with Crippen LogP contribution < -0.4 is 5.32 Å². The molecule has 3 aliphatic rings. The number of aliphatic hydroxyl groups is 2. The van der Waals surface area contributed by atoms with Crippen LogP contribution >= 0.6 is 11.6 Å². The molecule has 3 amide bonds. The standard InChI is InChI=1S/C49H50ClN3O8/c1-32-43(29-52-25-23-49(58,24-26-52)39-19-21-40(50)22-20-39)60-47(61-45(32)36-13-11-33(30-54)12-14-36)37-17-15-35(16-18-37)41-10-6-5-9-38(41)28-53-44(55)27-42(46(53)56)51-48(57)59-31-34-7-3-2-4-8-34/h2-22,32,42-43,45,47,54,58H,23-31H2,1H3,(H,51,57)/t32-,42?,43+,45+,47+/m0/s1. The number of amides is 3. The van der Waals surface area contributed by atoms with Crippen LogP contribution in [-0.2, 0) is 49.2 Å². The monoisotopic (exact) mass is 843 g/mol. The van der Waals surface area contributed by atoms with Crippen LogP contribution in [0.15, 0.2) is 127 Å². The number of hydrogen-bond donors (Lipinski definition) is 3. The summed E-state index contributed by atoms with van der Waals surface area (Å²) in [6.45, 7) is 4.26. The van der Waals surface area contributed by atoms with Crippen molar-refractivity contribution in [3.8, 4) is 11.1 Å². The predicted octanol–water partition coefficient (Wildman–Crippen LogP) is 7.83. The number of imide groups is 1. The Morgan fingerprint density at radius 3 is 2.21 bits per heavy atom. The third kappa shape index (κ3) is 9.73. The van der Waals surface area contributed by atoms with Crippen LogP contribution in [0.1, 0.15) is 72.0 Å². The second-order valence-electron chi connectivity index (χ2n) is 16.2. The molecule has 3 heterocycles. The molecule has 5 aromatic rings. The number of benzene rings is 5. The van der Waals surface area contributed by atoms with Gasteiger partial charge >= 0.3 is 6.09 Å². The van der Waals surface area contributed by atoms with Gasteiger partial charge in [-0.05, 0) is 63.9 Å². The first kappa shape index (κ1) is 42.3. The van der Waals surface area contributed by atoms with E-state index in [1.165, 1.54) is 4.90 Å². The zero-order chi connectivity index (χ0) is 42.5. The summed E-state index contributed by atoms with van der Waals surface area (Å²) in [7, 11) is 0. The number of hydrogen-bond acceptors (Lipinski definition) is 9. The average Bonchev–Trinajstić information content (AvgIpc) is 3.55. The molecular formula is C49H50ClN3O8. The summed E-state index contributed by atoms with van der Waals surface area (Å²) in [5.74, 6) is -0.865. The first-order valence-electron chi connectivity index (χ1n) is 20.8. The first-order chi connectivity index (χ1) is 29.6. The normalized spacial score (nSPS) is 22.9. The van der Waals surface area contributed by atoms with Crippen LogP contribution in [0.25, 0.3) is 11.1 Å². The van der Waals surface area contributed by atoms with Crippen LogP contribution in [-0.4, -0.2) is 69.7 Å². The highest BCUT2D eigenvalue weighted by Gasteiger charge is 2.42. The molecule has 61 heavy (non-hydrogen) atoms. The molecule has 5 aromatic carbocycles. The van der Waals surface area contributed by atoms with Gasteiger partial charge < -0.3 is 34.6 Å². The third-order valence-electron chi connectivity index (χ3n) is 12.2. The first-order valence-corrected chi connectivity index (χ1v) is 21.2. The lowest BCUT2D eigenvalue weighted by Gasteiger charge is -2.45. The smallest absolute Gasteiger partial charge is 0.408 e. The van der Waals surface area contributed by atoms with Gasteiger partial charge in [-0.15, -0.1) is 0 Å². The van der Waals surface area contributed by atoms with Crippen molar-refractivity contribution in [2.45, 2.75) is 76.1 Å². The molecule has 0 spiro atoms. The molecular weight excluding hydrogens is 794 g/mol. The Morgan fingerprint density at radius 1 is 0.836 bits per heavy atom. The van der Waals surface area contributed by atoms with E-state index in [1.807, 2.05) is 127 Å². The molecule has 5 atom stereocenters. The van der Waals surface area contributed by atoms with Gasteiger partial charge in [0.1, 0.15) is 12.6 Å². The van der Waals surface area contributed by atoms with Crippen molar-refractivity contribution in [2.75, 3.05) is 19.6 Å². The molecule has 3 aliphatic heterocycles. The van der Waals surface area contributed by atoms with Gasteiger partial charge in [0.05, 0.1) is 37.4 Å². The summed E-state index contributed by atoms with van der Waals surface area (Å²) in [6, 6.07) is 39.1. The summed E-state index contributed by atoms with van der Waals surface area (Å²) in [5, 5.41) is 24.5. The number of halogens is 1. The maximum atomic E-state index is 13.4. The second kappa shape index (κ2) is 18.7. The van der Waals surface area contributed by atoms with Gasteiger partial charge in [0.25, 0.3) is 5.91 Å². The van der Waals surface area contributed by atoms with Crippen molar-refractivity contribution in [3.63, 3.8) is 0 Å². The molecule has 0 saturated carbocycles. The van der Waals surface area contributed by atoms with Crippen molar-refractivity contribution in [2.24, 2.45) is 5.92 Å². The van der Waals surface area contributed by atoms with Gasteiger partial charge in [0.2, 0.25) is 5.91 Å². The summed E-state index contributed by atoms with van der Waals surface area (Å²) in [5.41, 5.74) is 5.95. The zero-order valence-electron chi connectivity index (χ0n) is 34.0. The zero-order valence-corrected chi connectivity index (χ0v) is 34.7. The molecule has 0 aliphatic carbocycles. The van der Waals surface area contributed by atoms with E-state index < -0.39 is 29.9 Å². The minimum Gasteiger partial charge on any atom is -0.445 e. The molecule has 8 rings (SSSR count). The fourth-order valence-electron chi connectivity index (χ4n) is 8.54. The van der Waals surface area contributed by atoms with Gasteiger partial charge in [0.15, 0.2) is 6.29 Å². The molecule has 3 saturated heterocycles. The maximum absolute atomic E-state index is 13.4. The molecule has 12 heteroatoms. The summed E-state index contributed by atoms with van der Waals surface area (Å²) in [6.07, 6.45) is -0.877. The van der Waals surface area contributed by atoms with E-state index in [9.17, 15) is 24.6 Å². The van der Waals surface area contributed by atoms with Crippen molar-refractivity contribution in [3.05, 3.63) is 166 Å². The Kier molecular flexibility index (Phi) is 13.0. The Bertz CT molecular complexity index is 2300. The summed E-state index contributed by atoms with van der Waals surface area (Å²) >= 11 is 6.12. The number of alkyl carbamates (subject to hydrolysis) is 1. The highest BCUT2D eigenvalue weighted by molar-refractivity contribution is 6.30. The van der Waals surface area contributed by atoms with E-state index in [0.717, 1.165) is 44.5 Å². The third-order valence-corrected chi connectivity index (χ3v) is 12.5. The Morgan fingerprint density at radius 2 is 1.51 bits per heavy atom. The van der Waals surface area contributed by atoms with Crippen LogP contribution in [0.3, 0.4) is 0 Å². The number of carbonyl (C=O) groups excluding carboxylic acids is 3. The van der Waals surface area contributed by atoms with Crippen LogP contribution in [0, 0.1) is 5.92 Å². The number of likely N-dealkylation sites (tertiary alicyclic amines) is 2. The topological polar surface area (TPSA) is 138 Å². The van der Waals surface area contributed by atoms with E-state index >= 15 is 0 Å². The molecule has 316 valence electrons. The fourth-order valence-corrected chi connectivity index (χ4v) is 8.66. The minimum atomic E-state index is -1.01. The van der Waals surface area contributed by atoms with Gasteiger partial charge in [0, 0.05) is 36.1 Å². The predicted molar refractivity (Wildman–Crippen MR) is 230 cm³/mol. The number of piperidine rings is 1. The maximum Gasteiger partial charge on any atom is 0.408 e. The number of nitrogens with one attached hydrogen (secondary N) is 1. The van der Waals surface area contributed by atoms with Crippen LogP contribution in [0.2, 0.25) is 5.02 Å². The van der Waals surface area contributed by atoms with Crippen molar-refractivity contribution >= 4 is 29.5 Å². The van der Waals surface area contributed by atoms with Crippen LogP contribution in [0.4, 0.5) is 4.79 Å². The van der Waals surface area contributed by atoms with E-state index in [1.54, 1.807) is 0 Å². The van der Waals surface area contributed by atoms with Crippen molar-refractivity contribution in [1.82, 2.24) is 15.1 Å². The van der Waals surface area contributed by atoms with Crippen LogP contribution in [0.5, 0.6) is 0 Å². The Hall–Kier alpha value is -5.40. The Balaban J connectivity index is 0.952. The Labute approximate surface area is 360 Å². The molecule has 11 nitrogen and oxygen atoms in total. The average molecular weight is 844 g/mol. The van der Waals surface area contributed by atoms with Gasteiger partial charge in [-0.3, -0.25) is 14.5 Å². The summed E-state index contributed by atoms with van der Waals surface area (Å²) in [4.78, 5) is 42.6. The molecule has 3 fully saturated rings. The fraction of sp³-hybridized carbons (Fsp3) is 0.327. The van der Waals surface area contributed by atoms with Crippen molar-refractivity contribution in [1.29, 1.82) is 0 Å². The SMILES string of the molecule is C[C@H]1[C@@H](CN2CCC(O)(c3ccc(Cl)cc3)CC2)O[C@@H](c2ccc(-c3ccccc3CN3C(=O)CC(NC(=O)OCc4ccccc4)C3=O)cc2)O[C@H]1c1ccc(CO)cc1. The summed E-state index contributed by atoms with van der Waals surface area (Å²) < 4.78 is 18.8. The number of aliphatic hydroxyl groups excluding tert-OH is 1. The molecule has 0 radical (unpaired) electrons. The van der Waals surface area contributed by atoms with E-state index in [-0.39, 0.29) is 50.2 Å². The lowest BCUT2D eigenvalue weighted by molar-refractivity contribution is -0.277. The highest BCUT2D eigenvalue weighted by Crippen LogP contribution is 2.43. The number of carbonyl (C=O) groups is 3. The molecule has 1 unspecified atom stereocenters. The lowest BCUT2D eigenvalue weighted by atomic mass is 9.84. The number of rotatable bonds is 12. The highest BCUT2D eigenvalue weighted by atomic mass is 35.5. The molecule has 0 bridgehead atoms. The molecule has 3 N–H and O–H groups in total. The lowest BCUT2D eigenvalue weighted by Crippen LogP contribution is -2.49. The second-order valence-corrected chi connectivity index (χ2v) is 16.7. The minimum absolute atomic E-state index is 0.00908.